The number of aryl methyl sites for hydroxylation is 1. The quantitative estimate of drug-likeness (QED) is 0.497. The maximum atomic E-state index is 13.2. The predicted molar refractivity (Wildman–Crippen MR) is 150 cm³/mol. The number of methoxy groups -OCH3 is 1. The van der Waals surface area contributed by atoms with Gasteiger partial charge in [-0.1, -0.05) is 13.0 Å². The molecule has 0 aliphatic carbocycles. The summed E-state index contributed by atoms with van der Waals surface area (Å²) in [4.78, 5) is 19.8. The fraction of sp³-hybridized carbons (Fsp3) is 0.429. The Hall–Kier alpha value is -3.32. The Kier molecular flexibility index (Phi) is 10.3. The van der Waals surface area contributed by atoms with Crippen LogP contribution >= 0.6 is 0 Å². The molecule has 0 saturated carbocycles. The summed E-state index contributed by atoms with van der Waals surface area (Å²) in [6.45, 7) is 12.5. The molecule has 7 nitrogen and oxygen atoms in total. The van der Waals surface area contributed by atoms with Gasteiger partial charge in [-0.05, 0) is 87.7 Å². The molecule has 0 radical (unpaired) electrons. The Labute approximate surface area is 211 Å². The molecule has 3 rings (SSSR count). The lowest BCUT2D eigenvalue weighted by Gasteiger charge is -2.33. The second kappa shape index (κ2) is 13.0. The van der Waals surface area contributed by atoms with Crippen molar-refractivity contribution in [3.63, 3.8) is 0 Å². The van der Waals surface area contributed by atoms with Crippen LogP contribution in [-0.2, 0) is 0 Å². The average molecular weight is 482 g/mol. The number of allylic oxidation sites excluding steroid dienone is 2. The van der Waals surface area contributed by atoms with E-state index >= 15 is 0 Å². The second-order valence-electron chi connectivity index (χ2n) is 8.81. The van der Waals surface area contributed by atoms with Crippen LogP contribution in [0.25, 0.3) is 5.57 Å². The SMILES string of the molecule is CCN.CN=C(C)/C(=C(/C)N)c1cc(OC)cc([C@@H](C)NC(=O)c2cc(N3CCC3)ccc2C)c1.[HH]. The van der Waals surface area contributed by atoms with Gasteiger partial charge in [0.25, 0.3) is 5.91 Å². The zero-order chi connectivity index (χ0) is 26.1. The maximum absolute atomic E-state index is 13.2. The van der Waals surface area contributed by atoms with Gasteiger partial charge in [0.2, 0.25) is 0 Å². The van der Waals surface area contributed by atoms with E-state index in [0.717, 1.165) is 53.3 Å². The number of hydrogen-bond acceptors (Lipinski definition) is 6. The van der Waals surface area contributed by atoms with Gasteiger partial charge in [0.1, 0.15) is 5.75 Å². The molecule has 1 atom stereocenters. The van der Waals surface area contributed by atoms with Gasteiger partial charge >= 0.3 is 0 Å². The van der Waals surface area contributed by atoms with E-state index < -0.39 is 0 Å². The largest absolute Gasteiger partial charge is 0.497 e. The van der Waals surface area contributed by atoms with E-state index in [-0.39, 0.29) is 13.4 Å². The fourth-order valence-electron chi connectivity index (χ4n) is 3.95. The Balaban J connectivity index is 0.00000154. The summed E-state index contributed by atoms with van der Waals surface area (Å²) < 4.78 is 5.54. The fourth-order valence-corrected chi connectivity index (χ4v) is 3.95. The zero-order valence-corrected chi connectivity index (χ0v) is 22.2. The number of benzene rings is 2. The summed E-state index contributed by atoms with van der Waals surface area (Å²) >= 11 is 0. The van der Waals surface area contributed by atoms with E-state index in [1.165, 1.54) is 6.42 Å². The van der Waals surface area contributed by atoms with Crippen molar-refractivity contribution in [3.05, 3.63) is 64.3 Å². The minimum atomic E-state index is -0.221. The first kappa shape index (κ1) is 27.9. The molecule has 35 heavy (non-hydrogen) atoms. The van der Waals surface area contributed by atoms with Crippen LogP contribution in [-0.4, -0.2) is 45.4 Å². The summed E-state index contributed by atoms with van der Waals surface area (Å²) in [7, 11) is 3.38. The molecule has 1 amide bonds. The number of anilines is 1. The van der Waals surface area contributed by atoms with Crippen molar-refractivity contribution >= 4 is 22.9 Å². The summed E-state index contributed by atoms with van der Waals surface area (Å²) in [5.41, 5.74) is 18.1. The first-order chi connectivity index (χ1) is 16.7. The topological polar surface area (TPSA) is 106 Å². The van der Waals surface area contributed by atoms with Gasteiger partial charge in [-0.15, -0.1) is 0 Å². The minimum absolute atomic E-state index is 0. The van der Waals surface area contributed by atoms with Gasteiger partial charge in [0.05, 0.1) is 13.2 Å². The van der Waals surface area contributed by atoms with Crippen LogP contribution in [0.15, 0.2) is 47.1 Å². The molecule has 1 heterocycles. The maximum Gasteiger partial charge on any atom is 0.252 e. The summed E-state index contributed by atoms with van der Waals surface area (Å²) in [5, 5.41) is 3.15. The van der Waals surface area contributed by atoms with Crippen molar-refractivity contribution in [1.82, 2.24) is 5.32 Å². The van der Waals surface area contributed by atoms with E-state index in [4.69, 9.17) is 16.2 Å². The van der Waals surface area contributed by atoms with Crippen LogP contribution in [0.1, 0.15) is 68.6 Å². The Morgan fingerprint density at radius 1 is 1.23 bits per heavy atom. The monoisotopic (exact) mass is 481 g/mol. The number of carbonyl (C=O) groups excluding carboxylic acids is 1. The van der Waals surface area contributed by atoms with Gasteiger partial charge in [-0.3, -0.25) is 9.79 Å². The highest BCUT2D eigenvalue weighted by Crippen LogP contribution is 2.29. The van der Waals surface area contributed by atoms with Crippen LogP contribution < -0.4 is 26.4 Å². The van der Waals surface area contributed by atoms with Crippen LogP contribution in [0.5, 0.6) is 5.75 Å². The highest BCUT2D eigenvalue weighted by molar-refractivity contribution is 6.23. The molecule has 1 fully saturated rings. The number of ether oxygens (including phenoxy) is 1. The standard InChI is InChI=1S/C26H34N4O2.C2H7N.H2/c1-16-8-9-22(30-10-7-11-30)15-24(16)26(31)29-18(3)20-12-21(14-23(13-20)32-6)25(17(2)27)19(4)28-5;1-2-3;/h8-9,12-15,18H,7,10-11,27H2,1-6H3,(H,29,31);2-3H2,1H3;1H/b25-17+,28-19?;;/t18-;;/m1../s1. The van der Waals surface area contributed by atoms with Gasteiger partial charge < -0.3 is 26.4 Å². The third-order valence-corrected chi connectivity index (χ3v) is 6.08. The highest BCUT2D eigenvalue weighted by Gasteiger charge is 2.20. The first-order valence-electron chi connectivity index (χ1n) is 12.1. The number of carbonyl (C=O) groups is 1. The summed E-state index contributed by atoms with van der Waals surface area (Å²) in [6.07, 6.45) is 1.20. The number of aliphatic imine (C=N–C) groups is 1. The highest BCUT2D eigenvalue weighted by atomic mass is 16.5. The molecular formula is C28H43N5O2. The van der Waals surface area contributed by atoms with Crippen LogP contribution in [0.4, 0.5) is 5.69 Å². The third kappa shape index (κ3) is 7.09. The van der Waals surface area contributed by atoms with Gasteiger partial charge in [-0.2, -0.15) is 0 Å². The number of nitrogens with two attached hydrogens (primary N) is 2. The van der Waals surface area contributed by atoms with Crippen LogP contribution in [0, 0.1) is 6.92 Å². The lowest BCUT2D eigenvalue weighted by Crippen LogP contribution is -2.37. The van der Waals surface area contributed by atoms with Gasteiger partial charge in [0, 0.05) is 49.8 Å². The summed E-state index contributed by atoms with van der Waals surface area (Å²) in [6, 6.07) is 11.8. The smallest absolute Gasteiger partial charge is 0.252 e. The molecule has 0 unspecified atom stereocenters. The molecule has 192 valence electrons. The second-order valence-corrected chi connectivity index (χ2v) is 8.81. The van der Waals surface area contributed by atoms with Crippen LogP contribution in [0.3, 0.4) is 0 Å². The first-order valence-corrected chi connectivity index (χ1v) is 12.1. The van der Waals surface area contributed by atoms with Crippen molar-refractivity contribution in [2.75, 3.05) is 38.7 Å². The normalized spacial score (nSPS) is 14.7. The van der Waals surface area contributed by atoms with E-state index in [1.54, 1.807) is 14.2 Å². The predicted octanol–water partition coefficient (Wildman–Crippen LogP) is 4.70. The molecule has 1 aliphatic heterocycles. The van der Waals surface area contributed by atoms with Crippen molar-refractivity contribution < 1.29 is 11.0 Å². The molecule has 1 aliphatic rings. The molecule has 1 saturated heterocycles. The Bertz CT molecular complexity index is 1090. The molecule has 0 bridgehead atoms. The van der Waals surface area contributed by atoms with Crippen molar-refractivity contribution in [1.29, 1.82) is 0 Å². The van der Waals surface area contributed by atoms with E-state index in [1.807, 2.05) is 65.0 Å². The number of rotatable bonds is 7. The Morgan fingerprint density at radius 3 is 2.40 bits per heavy atom. The molecule has 7 heteroatoms. The van der Waals surface area contributed by atoms with Gasteiger partial charge in [0.15, 0.2) is 0 Å². The number of hydrogen-bond donors (Lipinski definition) is 3. The van der Waals surface area contributed by atoms with Gasteiger partial charge in [-0.25, -0.2) is 0 Å². The van der Waals surface area contributed by atoms with E-state index in [9.17, 15) is 4.79 Å². The van der Waals surface area contributed by atoms with E-state index in [2.05, 4.69) is 21.3 Å². The lowest BCUT2D eigenvalue weighted by molar-refractivity contribution is 0.0939. The van der Waals surface area contributed by atoms with Crippen molar-refractivity contribution in [3.8, 4) is 5.75 Å². The van der Waals surface area contributed by atoms with Crippen molar-refractivity contribution in [2.45, 2.75) is 47.1 Å². The zero-order valence-electron chi connectivity index (χ0n) is 22.2. The Morgan fingerprint density at radius 2 is 1.89 bits per heavy atom. The van der Waals surface area contributed by atoms with Crippen LogP contribution in [0.2, 0.25) is 0 Å². The molecule has 2 aromatic carbocycles. The lowest BCUT2D eigenvalue weighted by atomic mass is 9.95. The number of nitrogens with one attached hydrogen (secondary N) is 1. The minimum Gasteiger partial charge on any atom is -0.497 e. The molecule has 2 aromatic rings. The molecular weight excluding hydrogens is 438 g/mol. The molecule has 5 N–H and O–H groups in total. The average Bonchev–Trinajstić information content (AvgIpc) is 2.79. The summed E-state index contributed by atoms with van der Waals surface area (Å²) in [5.74, 6) is 0.621. The van der Waals surface area contributed by atoms with E-state index in [0.29, 0.717) is 17.0 Å². The molecule has 0 spiro atoms. The number of amides is 1. The number of nitrogens with zero attached hydrogens (tertiary/aromatic N) is 2. The van der Waals surface area contributed by atoms with Crippen molar-refractivity contribution in [2.24, 2.45) is 16.5 Å². The molecule has 0 aromatic heterocycles. The third-order valence-electron chi connectivity index (χ3n) is 6.08.